The fourth-order valence-electron chi connectivity index (χ4n) is 2.87. The monoisotopic (exact) mass is 359 g/mol. The summed E-state index contributed by atoms with van der Waals surface area (Å²) in [7, 11) is 0. The molecule has 5 nitrogen and oxygen atoms in total. The lowest BCUT2D eigenvalue weighted by Crippen LogP contribution is -2.41. The molecule has 1 aliphatic rings. The zero-order valence-corrected chi connectivity index (χ0v) is 14.7. The topological polar surface area (TPSA) is 75.4 Å². The summed E-state index contributed by atoms with van der Waals surface area (Å²) in [6, 6.07) is 16.5. The minimum atomic E-state index is -0.449. The van der Waals surface area contributed by atoms with Crippen molar-refractivity contribution in [3.8, 4) is 0 Å². The van der Waals surface area contributed by atoms with Crippen LogP contribution in [-0.4, -0.2) is 29.3 Å². The van der Waals surface area contributed by atoms with Crippen molar-refractivity contribution in [1.29, 1.82) is 0 Å². The molecular formula is C19H22ClN3O2. The summed E-state index contributed by atoms with van der Waals surface area (Å²) in [6.45, 7) is 1.68. The maximum absolute atomic E-state index is 12.5. The summed E-state index contributed by atoms with van der Waals surface area (Å²) >= 11 is 0. The van der Waals surface area contributed by atoms with Gasteiger partial charge in [0, 0.05) is 25.2 Å². The first-order valence-corrected chi connectivity index (χ1v) is 8.10. The number of nitrogens with one attached hydrogen (secondary N) is 1. The molecule has 2 amide bonds. The Morgan fingerprint density at radius 1 is 1.08 bits per heavy atom. The Morgan fingerprint density at radius 2 is 1.76 bits per heavy atom. The maximum Gasteiger partial charge on any atom is 0.251 e. The first-order valence-electron chi connectivity index (χ1n) is 8.10. The van der Waals surface area contributed by atoms with E-state index in [0.29, 0.717) is 31.6 Å². The number of likely N-dealkylation sites (tertiary alicyclic amines) is 1. The van der Waals surface area contributed by atoms with Gasteiger partial charge in [-0.05, 0) is 29.7 Å². The number of carbonyl (C=O) groups excluding carboxylic acids is 2. The van der Waals surface area contributed by atoms with E-state index in [0.717, 1.165) is 11.1 Å². The van der Waals surface area contributed by atoms with E-state index in [4.69, 9.17) is 5.73 Å². The van der Waals surface area contributed by atoms with Crippen molar-refractivity contribution < 1.29 is 9.59 Å². The number of benzene rings is 2. The summed E-state index contributed by atoms with van der Waals surface area (Å²) in [5.74, 6) is -0.246. The molecule has 1 saturated heterocycles. The van der Waals surface area contributed by atoms with Crippen molar-refractivity contribution in [3.05, 3.63) is 71.3 Å². The smallest absolute Gasteiger partial charge is 0.251 e. The Morgan fingerprint density at radius 3 is 2.40 bits per heavy atom. The second kappa shape index (κ2) is 8.65. The zero-order chi connectivity index (χ0) is 16.9. The van der Waals surface area contributed by atoms with E-state index < -0.39 is 6.04 Å². The van der Waals surface area contributed by atoms with Crippen molar-refractivity contribution in [1.82, 2.24) is 10.2 Å². The Hall–Kier alpha value is -2.37. The van der Waals surface area contributed by atoms with Crippen LogP contribution in [0.2, 0.25) is 0 Å². The van der Waals surface area contributed by atoms with Crippen molar-refractivity contribution in [2.24, 2.45) is 5.73 Å². The summed E-state index contributed by atoms with van der Waals surface area (Å²) in [5, 5.41) is 2.84. The number of hydrogen-bond acceptors (Lipinski definition) is 3. The molecule has 1 aliphatic heterocycles. The maximum atomic E-state index is 12.5. The minimum Gasteiger partial charge on any atom is -0.340 e. The molecular weight excluding hydrogens is 338 g/mol. The molecule has 1 heterocycles. The average molecular weight is 360 g/mol. The van der Waals surface area contributed by atoms with E-state index in [1.54, 1.807) is 17.0 Å². The fourth-order valence-corrected chi connectivity index (χ4v) is 2.87. The van der Waals surface area contributed by atoms with Crippen LogP contribution in [-0.2, 0) is 17.9 Å². The Bertz CT molecular complexity index is 719. The van der Waals surface area contributed by atoms with Crippen molar-refractivity contribution in [2.45, 2.75) is 25.6 Å². The molecule has 25 heavy (non-hydrogen) atoms. The van der Waals surface area contributed by atoms with Gasteiger partial charge in [0.25, 0.3) is 5.91 Å². The van der Waals surface area contributed by atoms with Crippen molar-refractivity contribution in [2.75, 3.05) is 6.54 Å². The van der Waals surface area contributed by atoms with Crippen LogP contribution in [0.25, 0.3) is 0 Å². The fraction of sp³-hybridized carbons (Fsp3) is 0.263. The van der Waals surface area contributed by atoms with Crippen LogP contribution < -0.4 is 11.1 Å². The molecule has 3 rings (SSSR count). The lowest BCUT2D eigenvalue weighted by atomic mass is 10.1. The summed E-state index contributed by atoms with van der Waals surface area (Å²) < 4.78 is 0. The molecule has 1 atom stereocenters. The highest BCUT2D eigenvalue weighted by Crippen LogP contribution is 2.16. The van der Waals surface area contributed by atoms with Gasteiger partial charge < -0.3 is 16.0 Å². The molecule has 0 saturated carbocycles. The summed E-state index contributed by atoms with van der Waals surface area (Å²) in [6.07, 6.45) is 0.637. The van der Waals surface area contributed by atoms with E-state index in [1.807, 2.05) is 42.5 Å². The molecule has 3 N–H and O–H groups in total. The third-order valence-corrected chi connectivity index (χ3v) is 4.27. The van der Waals surface area contributed by atoms with Gasteiger partial charge in [0.2, 0.25) is 5.91 Å². The number of carbonyl (C=O) groups is 2. The average Bonchev–Trinajstić information content (AvgIpc) is 2.96. The summed E-state index contributed by atoms with van der Waals surface area (Å²) in [4.78, 5) is 26.6. The van der Waals surface area contributed by atoms with Crippen LogP contribution in [0.4, 0.5) is 0 Å². The van der Waals surface area contributed by atoms with E-state index in [1.165, 1.54) is 0 Å². The van der Waals surface area contributed by atoms with Gasteiger partial charge in [-0.1, -0.05) is 42.5 Å². The summed E-state index contributed by atoms with van der Waals surface area (Å²) in [5.41, 5.74) is 8.16. The van der Waals surface area contributed by atoms with E-state index >= 15 is 0 Å². The Labute approximate surface area is 153 Å². The number of nitrogens with two attached hydrogens (primary N) is 1. The molecule has 0 aliphatic carbocycles. The SMILES string of the molecule is Cl.NCc1ccc(C(=O)NC2CCN(Cc3ccccc3)C2=O)cc1. The van der Waals surface area contributed by atoms with Gasteiger partial charge in [-0.25, -0.2) is 0 Å². The van der Waals surface area contributed by atoms with Gasteiger partial charge in [0.1, 0.15) is 6.04 Å². The predicted octanol–water partition coefficient (Wildman–Crippen LogP) is 2.10. The van der Waals surface area contributed by atoms with Gasteiger partial charge in [0.05, 0.1) is 0 Å². The second-order valence-electron chi connectivity index (χ2n) is 5.96. The number of rotatable bonds is 5. The molecule has 1 fully saturated rings. The third-order valence-electron chi connectivity index (χ3n) is 4.27. The molecule has 0 radical (unpaired) electrons. The molecule has 0 bridgehead atoms. The highest BCUT2D eigenvalue weighted by Gasteiger charge is 2.32. The molecule has 2 aromatic rings. The Kier molecular flexibility index (Phi) is 6.56. The lowest BCUT2D eigenvalue weighted by Gasteiger charge is -2.17. The van der Waals surface area contributed by atoms with Crippen LogP contribution in [0.1, 0.15) is 27.9 Å². The molecule has 1 unspecified atom stereocenters. The second-order valence-corrected chi connectivity index (χ2v) is 5.96. The largest absolute Gasteiger partial charge is 0.340 e. The van der Waals surface area contributed by atoms with Gasteiger partial charge in [-0.3, -0.25) is 9.59 Å². The number of halogens is 1. The van der Waals surface area contributed by atoms with Crippen molar-refractivity contribution in [3.63, 3.8) is 0 Å². The van der Waals surface area contributed by atoms with E-state index in [-0.39, 0.29) is 24.2 Å². The number of hydrogen-bond donors (Lipinski definition) is 2. The zero-order valence-electron chi connectivity index (χ0n) is 13.9. The minimum absolute atomic E-state index is 0. The molecule has 6 heteroatoms. The van der Waals surface area contributed by atoms with Gasteiger partial charge in [-0.2, -0.15) is 0 Å². The standard InChI is InChI=1S/C19H21N3O2.ClH/c20-12-14-6-8-16(9-7-14)18(23)21-17-10-11-22(19(17)24)13-15-4-2-1-3-5-15;/h1-9,17H,10-13,20H2,(H,21,23);1H. The van der Waals surface area contributed by atoms with E-state index in [9.17, 15) is 9.59 Å². The van der Waals surface area contributed by atoms with Gasteiger partial charge in [-0.15, -0.1) is 12.4 Å². The number of amides is 2. The van der Waals surface area contributed by atoms with Crippen LogP contribution in [0.5, 0.6) is 0 Å². The van der Waals surface area contributed by atoms with Crippen LogP contribution in [0.3, 0.4) is 0 Å². The molecule has 2 aromatic carbocycles. The van der Waals surface area contributed by atoms with E-state index in [2.05, 4.69) is 5.32 Å². The molecule has 132 valence electrons. The number of nitrogens with zero attached hydrogens (tertiary/aromatic N) is 1. The lowest BCUT2D eigenvalue weighted by molar-refractivity contribution is -0.129. The highest BCUT2D eigenvalue weighted by atomic mass is 35.5. The quantitative estimate of drug-likeness (QED) is 0.858. The molecule has 0 spiro atoms. The first kappa shape index (κ1) is 19.0. The predicted molar refractivity (Wildman–Crippen MR) is 99.3 cm³/mol. The highest BCUT2D eigenvalue weighted by molar-refractivity contribution is 5.98. The molecule has 0 aromatic heterocycles. The third kappa shape index (κ3) is 4.59. The van der Waals surface area contributed by atoms with Crippen LogP contribution >= 0.6 is 12.4 Å². The first-order chi connectivity index (χ1) is 11.7. The van der Waals surface area contributed by atoms with Crippen LogP contribution in [0, 0.1) is 0 Å². The van der Waals surface area contributed by atoms with Gasteiger partial charge in [0.15, 0.2) is 0 Å². The normalized spacial score (nSPS) is 16.4. The Balaban J connectivity index is 0.00000225. The van der Waals surface area contributed by atoms with Crippen LogP contribution in [0.15, 0.2) is 54.6 Å². The van der Waals surface area contributed by atoms with Crippen molar-refractivity contribution >= 4 is 24.2 Å². The van der Waals surface area contributed by atoms with Gasteiger partial charge >= 0.3 is 0 Å².